The molecule has 4 rings (SSSR count). The van der Waals surface area contributed by atoms with E-state index in [0.29, 0.717) is 22.5 Å². The highest BCUT2D eigenvalue weighted by Crippen LogP contribution is 2.36. The van der Waals surface area contributed by atoms with Gasteiger partial charge in [0.15, 0.2) is 0 Å². The molecule has 2 aromatic rings. The molecule has 138 valence electrons. The van der Waals surface area contributed by atoms with Crippen LogP contribution in [0.25, 0.3) is 10.9 Å². The Balaban J connectivity index is 1.45. The molecule has 2 saturated heterocycles. The lowest BCUT2D eigenvalue weighted by Gasteiger charge is -2.33. The van der Waals surface area contributed by atoms with E-state index in [1.54, 1.807) is 18.3 Å². The first-order valence-electron chi connectivity index (χ1n) is 9.19. The van der Waals surface area contributed by atoms with E-state index in [-0.39, 0.29) is 16.7 Å². The zero-order valence-electron chi connectivity index (χ0n) is 14.7. The first-order chi connectivity index (χ1) is 12.7. The smallest absolute Gasteiger partial charge is 0.301 e. The number of anilines is 1. The minimum absolute atomic E-state index is 0.151. The van der Waals surface area contributed by atoms with Crippen LogP contribution in [0.4, 0.5) is 11.4 Å². The molecular weight excluding hydrogens is 334 g/mol. The molecular formula is C19H23N3O4. The van der Waals surface area contributed by atoms with Crippen LogP contribution in [0.5, 0.6) is 0 Å². The average molecular weight is 357 g/mol. The fourth-order valence-corrected chi connectivity index (χ4v) is 3.82. The predicted molar refractivity (Wildman–Crippen MR) is 98.5 cm³/mol. The van der Waals surface area contributed by atoms with E-state index in [0.717, 1.165) is 52.2 Å². The molecule has 2 aliphatic heterocycles. The summed E-state index contributed by atoms with van der Waals surface area (Å²) in [5.41, 5.74) is 1.48. The monoisotopic (exact) mass is 357 g/mol. The molecule has 0 bridgehead atoms. The van der Waals surface area contributed by atoms with Gasteiger partial charge in [0.25, 0.3) is 0 Å². The molecule has 0 amide bonds. The van der Waals surface area contributed by atoms with Gasteiger partial charge in [-0.1, -0.05) is 0 Å². The second kappa shape index (κ2) is 7.55. The van der Waals surface area contributed by atoms with Crippen LogP contribution in [-0.4, -0.2) is 48.9 Å². The van der Waals surface area contributed by atoms with Gasteiger partial charge in [-0.05, 0) is 43.5 Å². The van der Waals surface area contributed by atoms with E-state index in [1.165, 1.54) is 0 Å². The fourth-order valence-electron chi connectivity index (χ4n) is 3.82. The van der Waals surface area contributed by atoms with E-state index in [2.05, 4.69) is 9.88 Å². The minimum atomic E-state index is -0.290. The number of nitro groups is 1. The number of ether oxygens (including phenoxy) is 2. The van der Waals surface area contributed by atoms with Gasteiger partial charge in [-0.3, -0.25) is 15.1 Å². The topological polar surface area (TPSA) is 77.7 Å². The summed E-state index contributed by atoms with van der Waals surface area (Å²) in [5.74, 6) is 0.516. The van der Waals surface area contributed by atoms with E-state index < -0.39 is 0 Å². The van der Waals surface area contributed by atoms with Crippen molar-refractivity contribution in [3.05, 3.63) is 40.6 Å². The first-order valence-corrected chi connectivity index (χ1v) is 9.19. The largest absolute Gasteiger partial charge is 0.381 e. The summed E-state index contributed by atoms with van der Waals surface area (Å²) >= 11 is 0. The molecule has 2 aliphatic rings. The number of pyridine rings is 1. The molecule has 1 aromatic carbocycles. The van der Waals surface area contributed by atoms with Crippen molar-refractivity contribution >= 4 is 22.3 Å². The Labute approximate surface area is 152 Å². The molecule has 7 nitrogen and oxygen atoms in total. The Morgan fingerprint density at radius 3 is 2.85 bits per heavy atom. The molecule has 3 heterocycles. The molecule has 1 unspecified atom stereocenters. The van der Waals surface area contributed by atoms with Crippen molar-refractivity contribution in [2.75, 3.05) is 37.8 Å². The number of nitro benzene ring substituents is 1. The van der Waals surface area contributed by atoms with Crippen molar-refractivity contribution in [3.63, 3.8) is 0 Å². The standard InChI is InChI=1S/C19H23N3O4/c23-22(24)19-16-2-1-8-20-17(16)3-4-18(19)21-9-5-15(6-10-21)26-13-14-7-11-25-12-14/h1-4,8,14-15H,5-7,9-13H2. The molecule has 0 saturated carbocycles. The van der Waals surface area contributed by atoms with Crippen molar-refractivity contribution in [2.24, 2.45) is 5.92 Å². The molecule has 0 spiro atoms. The summed E-state index contributed by atoms with van der Waals surface area (Å²) in [6.07, 6.45) is 4.74. The predicted octanol–water partition coefficient (Wildman–Crippen LogP) is 3.16. The molecule has 0 aliphatic carbocycles. The van der Waals surface area contributed by atoms with Gasteiger partial charge in [-0.2, -0.15) is 0 Å². The highest BCUT2D eigenvalue weighted by Gasteiger charge is 2.28. The number of rotatable bonds is 5. The quantitative estimate of drug-likeness (QED) is 0.604. The van der Waals surface area contributed by atoms with Crippen LogP contribution in [0.2, 0.25) is 0 Å². The Bertz CT molecular complexity index is 783. The van der Waals surface area contributed by atoms with E-state index in [1.807, 2.05) is 12.1 Å². The normalized spacial score (nSPS) is 21.4. The molecule has 2 fully saturated rings. The summed E-state index contributed by atoms with van der Waals surface area (Å²) in [4.78, 5) is 17.7. The molecule has 26 heavy (non-hydrogen) atoms. The van der Waals surface area contributed by atoms with Gasteiger partial charge < -0.3 is 14.4 Å². The van der Waals surface area contributed by atoms with Crippen LogP contribution in [-0.2, 0) is 9.47 Å². The number of hydrogen-bond acceptors (Lipinski definition) is 6. The van der Waals surface area contributed by atoms with Gasteiger partial charge in [0, 0.05) is 31.8 Å². The summed E-state index contributed by atoms with van der Waals surface area (Å²) in [6.45, 7) is 3.92. The van der Waals surface area contributed by atoms with Crippen LogP contribution in [0.15, 0.2) is 30.5 Å². The number of nitrogens with zero attached hydrogens (tertiary/aromatic N) is 3. The van der Waals surface area contributed by atoms with Crippen LogP contribution < -0.4 is 4.90 Å². The summed E-state index contributed by atoms with van der Waals surface area (Å²) < 4.78 is 11.4. The Hall–Kier alpha value is -2.25. The van der Waals surface area contributed by atoms with E-state index in [4.69, 9.17) is 9.47 Å². The van der Waals surface area contributed by atoms with Crippen molar-refractivity contribution in [2.45, 2.75) is 25.4 Å². The van der Waals surface area contributed by atoms with Crippen molar-refractivity contribution in [1.29, 1.82) is 0 Å². The Morgan fingerprint density at radius 1 is 1.27 bits per heavy atom. The van der Waals surface area contributed by atoms with E-state index >= 15 is 0 Å². The number of fused-ring (bicyclic) bond motifs is 1. The van der Waals surface area contributed by atoms with Crippen molar-refractivity contribution in [3.8, 4) is 0 Å². The molecule has 1 atom stereocenters. The number of aromatic nitrogens is 1. The second-order valence-electron chi connectivity index (χ2n) is 7.01. The van der Waals surface area contributed by atoms with Gasteiger partial charge in [0.2, 0.25) is 0 Å². The maximum Gasteiger partial charge on any atom is 0.301 e. The SMILES string of the molecule is O=[N+]([O-])c1c(N2CCC(OCC3CCOC3)CC2)ccc2ncccc12. The van der Waals surface area contributed by atoms with Crippen LogP contribution in [0, 0.1) is 16.0 Å². The number of hydrogen-bond donors (Lipinski definition) is 0. The van der Waals surface area contributed by atoms with Crippen LogP contribution in [0.3, 0.4) is 0 Å². The highest BCUT2D eigenvalue weighted by molar-refractivity contribution is 5.94. The zero-order valence-corrected chi connectivity index (χ0v) is 14.7. The summed E-state index contributed by atoms with van der Waals surface area (Å²) in [6, 6.07) is 7.19. The zero-order chi connectivity index (χ0) is 17.9. The van der Waals surface area contributed by atoms with Gasteiger partial charge >= 0.3 is 5.69 Å². The maximum absolute atomic E-state index is 11.7. The van der Waals surface area contributed by atoms with Gasteiger partial charge in [0.1, 0.15) is 5.69 Å². The number of piperidine rings is 1. The third-order valence-corrected chi connectivity index (χ3v) is 5.29. The third-order valence-electron chi connectivity index (χ3n) is 5.29. The third kappa shape index (κ3) is 3.50. The highest BCUT2D eigenvalue weighted by atomic mass is 16.6. The lowest BCUT2D eigenvalue weighted by Crippen LogP contribution is -2.38. The summed E-state index contributed by atoms with van der Waals surface area (Å²) in [5, 5.41) is 12.3. The molecule has 0 N–H and O–H groups in total. The fraction of sp³-hybridized carbons (Fsp3) is 0.526. The van der Waals surface area contributed by atoms with Crippen LogP contribution >= 0.6 is 0 Å². The lowest BCUT2D eigenvalue weighted by atomic mass is 10.0. The Morgan fingerprint density at radius 2 is 2.12 bits per heavy atom. The first kappa shape index (κ1) is 17.2. The van der Waals surface area contributed by atoms with Gasteiger partial charge in [-0.15, -0.1) is 0 Å². The minimum Gasteiger partial charge on any atom is -0.381 e. The lowest BCUT2D eigenvalue weighted by molar-refractivity contribution is -0.382. The van der Waals surface area contributed by atoms with Crippen LogP contribution in [0.1, 0.15) is 19.3 Å². The number of benzene rings is 1. The molecule has 1 aromatic heterocycles. The van der Waals surface area contributed by atoms with Gasteiger partial charge in [-0.25, -0.2) is 0 Å². The maximum atomic E-state index is 11.7. The van der Waals surface area contributed by atoms with E-state index in [9.17, 15) is 10.1 Å². The van der Waals surface area contributed by atoms with Crippen molar-refractivity contribution < 1.29 is 14.4 Å². The molecule has 0 radical (unpaired) electrons. The summed E-state index contributed by atoms with van der Waals surface area (Å²) in [7, 11) is 0. The Kier molecular flexibility index (Phi) is 4.99. The molecule has 7 heteroatoms. The average Bonchev–Trinajstić information content (AvgIpc) is 3.19. The van der Waals surface area contributed by atoms with Gasteiger partial charge in [0.05, 0.1) is 35.1 Å². The van der Waals surface area contributed by atoms with Crippen molar-refractivity contribution in [1.82, 2.24) is 4.98 Å². The second-order valence-corrected chi connectivity index (χ2v) is 7.01.